The number of urea groups is 1. The SMILES string of the molecule is CCCC1O[C@@H]2C[C@H]3[C@@H]4C[C@H](F)C5=CC(=O)C=C[C@]5(C)[C@@]4(F)[C@@H](O)C[C@]3(C)[C@]2(C(=O)COCNC(=O)CNC(=O)OCc2ccc(NC(=O)[C@H](CCCNC(N)=O)NC(=O)[C@@H](NC[C@@](C=O)(CCC(=O)O)NC(=O)CCOCCOCCOCCOCCNC(=O)CCC(=O)N3Cc4ccccc4/C=C\C(C)c4ccccc43)C(C)C)cc2)O1. The predicted molar refractivity (Wildman–Crippen MR) is 429 cm³/mol. The summed E-state index contributed by atoms with van der Waals surface area (Å²) in [6.07, 6.45) is 1.90. The number of primary amides is 1. The first-order valence-electron chi connectivity index (χ1n) is 40.7. The molecule has 32 nitrogen and oxygen atoms in total. The van der Waals surface area contributed by atoms with Crippen LogP contribution in [0.25, 0.3) is 6.08 Å². The Morgan fingerprint density at radius 2 is 1.48 bits per heavy atom. The zero-order chi connectivity index (χ0) is 86.1. The number of aliphatic hydroxyl groups is 1. The van der Waals surface area contributed by atoms with Gasteiger partial charge >= 0.3 is 18.1 Å². The van der Waals surface area contributed by atoms with E-state index in [4.69, 9.17) is 43.6 Å². The zero-order valence-electron chi connectivity index (χ0n) is 68.3. The molecule has 2 unspecified atom stereocenters. The van der Waals surface area contributed by atoms with Crippen LogP contribution in [0, 0.1) is 28.6 Å². The van der Waals surface area contributed by atoms with E-state index in [1.165, 1.54) is 43.3 Å². The van der Waals surface area contributed by atoms with Crippen molar-refractivity contribution in [2.24, 2.45) is 34.3 Å². The second kappa shape index (κ2) is 43.4. The number of para-hydroxylation sites is 1. The van der Waals surface area contributed by atoms with E-state index in [9.17, 15) is 67.7 Å². The van der Waals surface area contributed by atoms with Crippen molar-refractivity contribution in [3.8, 4) is 0 Å². The van der Waals surface area contributed by atoms with Gasteiger partial charge in [0.15, 0.2) is 29.1 Å². The Morgan fingerprint density at radius 1 is 0.782 bits per heavy atom. The van der Waals surface area contributed by atoms with Crippen LogP contribution in [0.2, 0.25) is 0 Å². The first-order valence-corrected chi connectivity index (χ1v) is 40.7. The molecule has 4 fully saturated rings. The standard InChI is InChI=1S/C85H114F2N10O22/c1-7-13-75-118-69-44-61-62-43-64(86)63-42-59(99)27-30-81(63,5)84(62,87)67(100)45-82(61,6)85(69,119-75)68(101)49-116-52-93-72(104)46-91-80(111)117-48-55-20-23-58(24-21-55)94-77(108)65(17-12-32-90-79(88)110)95-78(109)76(53(2)3)92-50-83(51-98,31-28-74(106)107)96-71(103)29-34-112-36-38-114-40-41-115-39-37-113-35-33-89-70(102)25-26-73(105)97-47-57-15-9-8-14-56(57)22-19-54(4)60-16-10-11-18-66(60)97/h8-11,14-16,18-24,27,30,42,51,53-54,61-62,64-65,67,69,75-76,92,100H,7,12-13,17,25-26,28-29,31-41,43-50,52H2,1-6H3,(H,89,102)(H,91,111)(H,93,104)(H,94,108)(H,95,109)(H,96,103)(H,106,107)(H3,88,90,110)/b22-19-/t54?,61-,62-,64-,65-,67-,69+,75?,76-,81-,82-,83+,84-,85+/m0/s1. The predicted octanol–water partition coefficient (Wildman–Crippen LogP) is 5.90. The Bertz CT molecular complexity index is 4170. The van der Waals surface area contributed by atoms with Crippen LogP contribution in [-0.4, -0.2) is 228 Å². The molecule has 1 saturated heterocycles. The minimum absolute atomic E-state index is 0.0104. The van der Waals surface area contributed by atoms with E-state index >= 15 is 8.78 Å². The number of nitrogens with one attached hydrogen (secondary N) is 8. The number of amides is 9. The number of alkyl carbamates (subject to hydrolysis) is 1. The van der Waals surface area contributed by atoms with E-state index in [0.29, 0.717) is 31.2 Å². The van der Waals surface area contributed by atoms with Crippen molar-refractivity contribution < 1.29 is 114 Å². The number of carbonyl (C=O) groups excluding carboxylic acids is 11. The molecule has 4 aliphatic carbocycles. The monoisotopic (exact) mass is 1660 g/mol. The van der Waals surface area contributed by atoms with Crippen LogP contribution in [0.5, 0.6) is 0 Å². The first kappa shape index (κ1) is 93.1. The highest BCUT2D eigenvalue weighted by molar-refractivity contribution is 6.02. The summed E-state index contributed by atoms with van der Waals surface area (Å²) in [5, 5.41) is 42.7. The molecular weight excluding hydrogens is 1550 g/mol. The molecule has 6 aliphatic rings. The second-order valence-electron chi connectivity index (χ2n) is 31.7. The lowest BCUT2D eigenvalue weighted by Crippen LogP contribution is -2.71. The van der Waals surface area contributed by atoms with Gasteiger partial charge < -0.3 is 106 Å². The molecule has 3 aromatic rings. The number of allylic oxidation sites excluding steroid dienone is 5. The summed E-state index contributed by atoms with van der Waals surface area (Å²) in [5.41, 5.74) is 1.02. The molecule has 9 amide bonds. The average molecular weight is 1670 g/mol. The smallest absolute Gasteiger partial charge is 0.407 e. The van der Waals surface area contributed by atoms with Crippen molar-refractivity contribution in [2.45, 2.75) is 191 Å². The molecule has 2 aliphatic heterocycles. The van der Waals surface area contributed by atoms with Crippen LogP contribution in [0.3, 0.4) is 0 Å². The Labute approximate surface area is 690 Å². The number of aliphatic hydroxyl groups excluding tert-OH is 1. The summed E-state index contributed by atoms with van der Waals surface area (Å²) in [6.45, 7) is 10.3. The van der Waals surface area contributed by atoms with Gasteiger partial charge in [0.1, 0.15) is 50.5 Å². The maximum absolute atomic E-state index is 17.9. The van der Waals surface area contributed by atoms with Gasteiger partial charge in [-0.1, -0.05) is 114 Å². The summed E-state index contributed by atoms with van der Waals surface area (Å²) < 4.78 is 80.2. The molecule has 9 rings (SSSR count). The van der Waals surface area contributed by atoms with Gasteiger partial charge in [-0.05, 0) is 122 Å². The van der Waals surface area contributed by atoms with Gasteiger partial charge in [-0.25, -0.2) is 18.4 Å². The molecule has 12 N–H and O–H groups in total. The molecule has 650 valence electrons. The number of carboxylic acid groups (broad SMARTS) is 1. The number of benzene rings is 3. The van der Waals surface area contributed by atoms with Gasteiger partial charge in [0, 0.05) is 79.4 Å². The molecule has 34 heteroatoms. The maximum atomic E-state index is 17.9. The van der Waals surface area contributed by atoms with Gasteiger partial charge in [-0.2, -0.15) is 0 Å². The normalized spacial score (nSPS) is 25.1. The molecule has 0 bridgehead atoms. The minimum atomic E-state index is -2.39. The fraction of sp³-hybridized carbons (Fsp3) is 0.576. The number of Topliss-reactive ketones (excluding diaryl/α,β-unsaturated/α-hetero) is 1. The van der Waals surface area contributed by atoms with Gasteiger partial charge in [-0.3, -0.25) is 43.2 Å². The summed E-state index contributed by atoms with van der Waals surface area (Å²) in [4.78, 5) is 158. The number of ketones is 2. The van der Waals surface area contributed by atoms with Crippen LogP contribution in [0.15, 0.2) is 103 Å². The molecule has 0 aromatic heterocycles. The van der Waals surface area contributed by atoms with E-state index < -0.39 is 168 Å². The van der Waals surface area contributed by atoms with Crippen molar-refractivity contribution in [1.82, 2.24) is 37.2 Å². The van der Waals surface area contributed by atoms with Crippen molar-refractivity contribution in [1.29, 1.82) is 0 Å². The molecule has 0 radical (unpaired) electrons. The third-order valence-electron chi connectivity index (χ3n) is 23.2. The molecule has 3 aromatic carbocycles. The van der Waals surface area contributed by atoms with Gasteiger partial charge in [0.05, 0.1) is 77.6 Å². The van der Waals surface area contributed by atoms with E-state index in [-0.39, 0.29) is 159 Å². The third-order valence-corrected chi connectivity index (χ3v) is 23.2. The lowest BCUT2D eigenvalue weighted by molar-refractivity contribution is -0.235. The number of carbonyl (C=O) groups is 12. The van der Waals surface area contributed by atoms with Crippen LogP contribution < -0.4 is 53.2 Å². The number of anilines is 2. The van der Waals surface area contributed by atoms with E-state index in [0.717, 1.165) is 28.5 Å². The second-order valence-corrected chi connectivity index (χ2v) is 31.7. The Balaban J connectivity index is 0.646. The van der Waals surface area contributed by atoms with E-state index in [1.807, 2.05) is 55.5 Å². The maximum Gasteiger partial charge on any atom is 0.407 e. The largest absolute Gasteiger partial charge is 0.481 e. The van der Waals surface area contributed by atoms with Gasteiger partial charge in [0.25, 0.3) is 0 Å². The first-order chi connectivity index (χ1) is 56.9. The van der Waals surface area contributed by atoms with Gasteiger partial charge in [0.2, 0.25) is 35.4 Å². The number of aliphatic carboxylic acids is 1. The van der Waals surface area contributed by atoms with Crippen LogP contribution in [0.4, 0.5) is 29.7 Å². The zero-order valence-corrected chi connectivity index (χ0v) is 68.3. The van der Waals surface area contributed by atoms with E-state index in [1.54, 1.807) is 25.7 Å². The number of halogens is 2. The highest BCUT2D eigenvalue weighted by atomic mass is 19.1. The fourth-order valence-corrected chi connectivity index (χ4v) is 17.0. The molecule has 0 spiro atoms. The number of carboxylic acids is 1. The molecule has 2 heterocycles. The summed E-state index contributed by atoms with van der Waals surface area (Å²) >= 11 is 0. The molecular formula is C85H114F2N10O22. The number of ether oxygens (including phenoxy) is 8. The van der Waals surface area contributed by atoms with E-state index in [2.05, 4.69) is 61.6 Å². The van der Waals surface area contributed by atoms with Crippen molar-refractivity contribution in [3.63, 3.8) is 0 Å². The molecule has 119 heavy (non-hydrogen) atoms. The Morgan fingerprint density at radius 3 is 2.18 bits per heavy atom. The Hall–Kier alpha value is -9.78. The molecule has 14 atom stereocenters. The van der Waals surface area contributed by atoms with Gasteiger partial charge in [-0.15, -0.1) is 0 Å². The number of alkyl halides is 2. The van der Waals surface area contributed by atoms with Crippen LogP contribution in [0.1, 0.15) is 147 Å². The number of hydrogen-bond acceptors (Lipinski definition) is 22. The summed E-state index contributed by atoms with van der Waals surface area (Å²) in [6, 6.07) is 18.7. The summed E-state index contributed by atoms with van der Waals surface area (Å²) in [7, 11) is 0. The van der Waals surface area contributed by atoms with Crippen LogP contribution in [-0.2, 0) is 99.0 Å². The van der Waals surface area contributed by atoms with Crippen molar-refractivity contribution >= 4 is 88.8 Å². The number of aldehydes is 1. The average Bonchev–Trinajstić information content (AvgIpc) is 1.54. The highest BCUT2D eigenvalue weighted by Gasteiger charge is 2.80. The fourth-order valence-electron chi connectivity index (χ4n) is 17.0. The number of nitrogens with two attached hydrogens (primary N) is 1. The van der Waals surface area contributed by atoms with Crippen molar-refractivity contribution in [2.75, 3.05) is 103 Å². The lowest BCUT2D eigenvalue weighted by atomic mass is 9.44. The number of rotatable bonds is 46. The van der Waals surface area contributed by atoms with Crippen molar-refractivity contribution in [3.05, 3.63) is 125 Å². The third kappa shape index (κ3) is 23.6. The quantitative estimate of drug-likeness (QED) is 0.0178. The minimum Gasteiger partial charge on any atom is -0.481 e. The Kier molecular flexibility index (Phi) is 34.0. The molecule has 3 saturated carbocycles. The number of nitrogens with zero attached hydrogens (tertiary/aromatic N) is 1. The number of fused-ring (bicyclic) bond motifs is 9. The topological polar surface area (TPSA) is 445 Å². The lowest BCUT2D eigenvalue weighted by Gasteiger charge is -2.63. The summed E-state index contributed by atoms with van der Waals surface area (Å²) in [5.74, 6) is -7.69. The number of hydrogen-bond donors (Lipinski definition) is 11. The highest BCUT2D eigenvalue weighted by Crippen LogP contribution is 2.72. The van der Waals surface area contributed by atoms with Crippen LogP contribution >= 0.6 is 0 Å².